The van der Waals surface area contributed by atoms with Crippen LogP contribution in [0.5, 0.6) is 0 Å². The summed E-state index contributed by atoms with van der Waals surface area (Å²) in [5, 5.41) is 9.43. The molecule has 0 saturated heterocycles. The zero-order valence-corrected chi connectivity index (χ0v) is 12.3. The maximum atomic E-state index is 9.43. The second-order valence-electron chi connectivity index (χ2n) is 7.14. The van der Waals surface area contributed by atoms with Gasteiger partial charge in [0.25, 0.3) is 0 Å². The van der Waals surface area contributed by atoms with Crippen molar-refractivity contribution in [1.29, 1.82) is 5.26 Å². The molecule has 1 heteroatoms. The van der Waals surface area contributed by atoms with E-state index in [4.69, 9.17) is 0 Å². The fourth-order valence-corrected chi connectivity index (χ4v) is 4.12. The molecule has 0 N–H and O–H groups in total. The molecule has 3 atom stereocenters. The monoisotopic (exact) mass is 235 g/mol. The Morgan fingerprint density at radius 3 is 2.35 bits per heavy atom. The first kappa shape index (κ1) is 14.6. The van der Waals surface area contributed by atoms with E-state index in [0.717, 1.165) is 24.7 Å². The number of hydrogen-bond acceptors (Lipinski definition) is 1. The Kier molecular flexibility index (Phi) is 4.64. The van der Waals surface area contributed by atoms with E-state index < -0.39 is 0 Å². The van der Waals surface area contributed by atoms with Gasteiger partial charge in [0.15, 0.2) is 0 Å². The molecule has 1 aliphatic carbocycles. The Balaban J connectivity index is 2.83. The normalized spacial score (nSPS) is 34.0. The van der Waals surface area contributed by atoms with E-state index in [2.05, 4.69) is 40.7 Å². The van der Waals surface area contributed by atoms with Crippen LogP contribution in [-0.4, -0.2) is 0 Å². The Labute approximate surface area is 108 Å². The third-order valence-corrected chi connectivity index (χ3v) is 4.52. The lowest BCUT2D eigenvalue weighted by molar-refractivity contribution is 0.0562. The molecule has 98 valence electrons. The fraction of sp³-hybridized carbons (Fsp3) is 0.938. The van der Waals surface area contributed by atoms with Crippen LogP contribution in [-0.2, 0) is 0 Å². The van der Waals surface area contributed by atoms with Gasteiger partial charge in [-0.15, -0.1) is 0 Å². The molecule has 1 fully saturated rings. The number of nitriles is 1. The summed E-state index contributed by atoms with van der Waals surface area (Å²) in [6.07, 6.45) is 7.37. The van der Waals surface area contributed by atoms with Gasteiger partial charge in [0.1, 0.15) is 0 Å². The van der Waals surface area contributed by atoms with Crippen LogP contribution in [0.15, 0.2) is 0 Å². The SMILES string of the molecule is CCCC(CC)C1CC(C)(C)CC(C)(C#N)C1. The summed E-state index contributed by atoms with van der Waals surface area (Å²) in [4.78, 5) is 0. The van der Waals surface area contributed by atoms with E-state index in [-0.39, 0.29) is 5.41 Å². The minimum absolute atomic E-state index is 0.0897. The van der Waals surface area contributed by atoms with Crippen LogP contribution in [0.25, 0.3) is 0 Å². The molecule has 17 heavy (non-hydrogen) atoms. The third-order valence-electron chi connectivity index (χ3n) is 4.52. The van der Waals surface area contributed by atoms with Crippen molar-refractivity contribution in [3.63, 3.8) is 0 Å². The number of rotatable bonds is 4. The van der Waals surface area contributed by atoms with Gasteiger partial charge >= 0.3 is 0 Å². The lowest BCUT2D eigenvalue weighted by Crippen LogP contribution is -2.37. The van der Waals surface area contributed by atoms with Gasteiger partial charge in [-0.2, -0.15) is 5.26 Å². The molecule has 0 aromatic carbocycles. The summed E-state index contributed by atoms with van der Waals surface area (Å²) in [7, 11) is 0. The predicted octanol–water partition coefficient (Wildman–Crippen LogP) is 5.17. The van der Waals surface area contributed by atoms with Crippen molar-refractivity contribution in [3.8, 4) is 6.07 Å². The summed E-state index contributed by atoms with van der Waals surface area (Å²) < 4.78 is 0. The first-order chi connectivity index (χ1) is 7.86. The predicted molar refractivity (Wildman–Crippen MR) is 73.5 cm³/mol. The molecule has 0 aromatic heterocycles. The number of hydrogen-bond donors (Lipinski definition) is 0. The molecule has 0 radical (unpaired) electrons. The van der Waals surface area contributed by atoms with Gasteiger partial charge in [-0.3, -0.25) is 0 Å². The maximum absolute atomic E-state index is 9.43. The van der Waals surface area contributed by atoms with Crippen molar-refractivity contribution >= 4 is 0 Å². The van der Waals surface area contributed by atoms with Crippen molar-refractivity contribution in [2.24, 2.45) is 22.7 Å². The maximum Gasteiger partial charge on any atom is 0.0687 e. The quantitative estimate of drug-likeness (QED) is 0.659. The topological polar surface area (TPSA) is 23.8 Å². The Morgan fingerprint density at radius 1 is 1.24 bits per heavy atom. The molecule has 0 amide bonds. The van der Waals surface area contributed by atoms with Gasteiger partial charge in [0.2, 0.25) is 0 Å². The van der Waals surface area contributed by atoms with Crippen molar-refractivity contribution in [1.82, 2.24) is 0 Å². The molecular formula is C16H29N. The van der Waals surface area contributed by atoms with Gasteiger partial charge in [0, 0.05) is 0 Å². The van der Waals surface area contributed by atoms with E-state index in [1.165, 1.54) is 25.7 Å². The zero-order chi connectivity index (χ0) is 13.1. The molecule has 0 heterocycles. The molecule has 0 spiro atoms. The molecule has 0 aromatic rings. The van der Waals surface area contributed by atoms with Crippen LogP contribution in [0, 0.1) is 34.0 Å². The molecule has 3 unspecified atom stereocenters. The van der Waals surface area contributed by atoms with Crippen molar-refractivity contribution in [2.45, 2.75) is 73.1 Å². The zero-order valence-electron chi connectivity index (χ0n) is 12.3. The minimum Gasteiger partial charge on any atom is -0.198 e. The van der Waals surface area contributed by atoms with E-state index in [1.54, 1.807) is 0 Å². The van der Waals surface area contributed by atoms with Gasteiger partial charge in [-0.1, -0.05) is 47.0 Å². The second-order valence-corrected chi connectivity index (χ2v) is 7.14. The average Bonchev–Trinajstić information content (AvgIpc) is 2.23. The Morgan fingerprint density at radius 2 is 1.88 bits per heavy atom. The van der Waals surface area contributed by atoms with Crippen molar-refractivity contribution in [2.75, 3.05) is 0 Å². The summed E-state index contributed by atoms with van der Waals surface area (Å²) in [5.74, 6) is 1.58. The highest BCUT2D eigenvalue weighted by atomic mass is 14.5. The Hall–Kier alpha value is -0.510. The summed E-state index contributed by atoms with van der Waals surface area (Å²) in [6.45, 7) is 11.4. The second kappa shape index (κ2) is 5.42. The molecule has 1 nitrogen and oxygen atoms in total. The van der Waals surface area contributed by atoms with E-state index in [1.807, 2.05) is 0 Å². The van der Waals surface area contributed by atoms with Crippen LogP contribution < -0.4 is 0 Å². The molecule has 1 aliphatic rings. The van der Waals surface area contributed by atoms with Gasteiger partial charge in [-0.25, -0.2) is 0 Å². The summed E-state index contributed by atoms with van der Waals surface area (Å²) in [6, 6.07) is 2.59. The summed E-state index contributed by atoms with van der Waals surface area (Å²) >= 11 is 0. The molecule has 1 saturated carbocycles. The lowest BCUT2D eigenvalue weighted by Gasteiger charge is -2.45. The molecular weight excluding hydrogens is 206 g/mol. The smallest absolute Gasteiger partial charge is 0.0687 e. The third kappa shape index (κ3) is 3.73. The average molecular weight is 235 g/mol. The first-order valence-corrected chi connectivity index (χ1v) is 7.27. The highest BCUT2D eigenvalue weighted by Crippen LogP contribution is 2.51. The molecule has 0 bridgehead atoms. The highest BCUT2D eigenvalue weighted by molar-refractivity contribution is 5.04. The minimum atomic E-state index is -0.0897. The first-order valence-electron chi connectivity index (χ1n) is 7.27. The van der Waals surface area contributed by atoms with Crippen LogP contribution in [0.3, 0.4) is 0 Å². The molecule has 0 aliphatic heterocycles. The van der Waals surface area contributed by atoms with Crippen LogP contribution in [0.2, 0.25) is 0 Å². The van der Waals surface area contributed by atoms with E-state index >= 15 is 0 Å². The van der Waals surface area contributed by atoms with Crippen LogP contribution in [0.4, 0.5) is 0 Å². The van der Waals surface area contributed by atoms with Gasteiger partial charge in [0.05, 0.1) is 11.5 Å². The summed E-state index contributed by atoms with van der Waals surface area (Å²) in [5.41, 5.74) is 0.252. The fourth-order valence-electron chi connectivity index (χ4n) is 4.12. The largest absolute Gasteiger partial charge is 0.198 e. The Bertz CT molecular complexity index is 286. The van der Waals surface area contributed by atoms with Crippen molar-refractivity contribution in [3.05, 3.63) is 0 Å². The highest BCUT2D eigenvalue weighted by Gasteiger charge is 2.43. The molecule has 1 rings (SSSR count). The van der Waals surface area contributed by atoms with Gasteiger partial charge < -0.3 is 0 Å². The van der Waals surface area contributed by atoms with Crippen LogP contribution >= 0.6 is 0 Å². The lowest BCUT2D eigenvalue weighted by atomic mass is 9.58. The standard InChI is InChI=1S/C16H29N/c1-6-8-13(7-2)14-9-15(3,4)11-16(5,10-14)12-17/h13-14H,6-11H2,1-5H3. The van der Waals surface area contributed by atoms with E-state index in [9.17, 15) is 5.26 Å². The van der Waals surface area contributed by atoms with E-state index in [0.29, 0.717) is 5.41 Å². The number of nitrogens with zero attached hydrogens (tertiary/aromatic N) is 1. The van der Waals surface area contributed by atoms with Crippen molar-refractivity contribution < 1.29 is 0 Å². The van der Waals surface area contributed by atoms with Crippen LogP contribution in [0.1, 0.15) is 73.1 Å². The van der Waals surface area contributed by atoms with Gasteiger partial charge in [-0.05, 0) is 43.4 Å².